The molecule has 49 heavy (non-hydrogen) atoms. The second-order valence-corrected chi connectivity index (χ2v) is 14.9. The molecule has 2 saturated heterocycles. The molecule has 1 aliphatic carbocycles. The first-order valence-electron chi connectivity index (χ1n) is 20.1. The van der Waals surface area contributed by atoms with Crippen LogP contribution in [0.15, 0.2) is 22.7 Å². The van der Waals surface area contributed by atoms with E-state index in [4.69, 9.17) is 18.9 Å². The number of methoxy groups -OCH3 is 2. The fourth-order valence-electron chi connectivity index (χ4n) is 7.92. The van der Waals surface area contributed by atoms with Gasteiger partial charge in [0.05, 0.1) is 50.8 Å². The molecule has 6 atom stereocenters. The lowest BCUT2D eigenvalue weighted by Gasteiger charge is -2.33. The molecule has 2 N–H and O–H groups in total. The first-order valence-corrected chi connectivity index (χ1v) is 20.1. The van der Waals surface area contributed by atoms with Crippen molar-refractivity contribution >= 4 is 11.6 Å². The molecule has 2 heterocycles. The van der Waals surface area contributed by atoms with E-state index in [2.05, 4.69) is 6.92 Å². The summed E-state index contributed by atoms with van der Waals surface area (Å²) in [4.78, 5) is 25.3. The molecule has 8 heteroatoms. The monoisotopic (exact) mass is 691 g/mol. The Labute approximate surface area is 297 Å². The molecule has 2 fully saturated rings. The molecular weight excluding hydrogens is 620 g/mol. The predicted octanol–water partition coefficient (Wildman–Crippen LogP) is 8.99. The summed E-state index contributed by atoms with van der Waals surface area (Å²) in [5, 5.41) is 21.8. The second kappa shape index (κ2) is 23.7. The van der Waals surface area contributed by atoms with E-state index in [0.717, 1.165) is 77.0 Å². The maximum Gasteiger partial charge on any atom is 0.228 e. The van der Waals surface area contributed by atoms with Crippen molar-refractivity contribution in [3.63, 3.8) is 0 Å². The number of aliphatic hydroxyl groups is 2. The Morgan fingerprint density at radius 1 is 0.633 bits per heavy atom. The minimum Gasteiger partial charge on any atom is -0.489 e. The van der Waals surface area contributed by atoms with Gasteiger partial charge in [-0.05, 0) is 77.6 Å². The van der Waals surface area contributed by atoms with Crippen LogP contribution in [0.5, 0.6) is 0 Å². The van der Waals surface area contributed by atoms with Gasteiger partial charge in [-0.15, -0.1) is 0 Å². The Hall–Kier alpha value is -1.74. The fraction of sp³-hybridized carbons (Fsp3) is 0.854. The third-order valence-electron chi connectivity index (χ3n) is 11.1. The third-order valence-corrected chi connectivity index (χ3v) is 11.1. The number of carbonyl (C=O) groups is 2. The number of ketones is 2. The maximum absolute atomic E-state index is 12.8. The van der Waals surface area contributed by atoms with Gasteiger partial charge in [-0.2, -0.15) is 0 Å². The van der Waals surface area contributed by atoms with Crippen LogP contribution in [0.1, 0.15) is 174 Å². The average Bonchev–Trinajstić information content (AvgIpc) is 3.59. The lowest BCUT2D eigenvalue weighted by Crippen LogP contribution is -2.37. The van der Waals surface area contributed by atoms with Crippen LogP contribution in [0, 0.1) is 0 Å². The third kappa shape index (κ3) is 14.1. The zero-order valence-corrected chi connectivity index (χ0v) is 31.5. The average molecular weight is 691 g/mol. The molecule has 0 spiro atoms. The Kier molecular flexibility index (Phi) is 20.1. The largest absolute Gasteiger partial charge is 0.489 e. The van der Waals surface area contributed by atoms with Crippen LogP contribution >= 0.6 is 0 Å². The summed E-state index contributed by atoms with van der Waals surface area (Å²) in [5.41, 5.74) is 1.02. The van der Waals surface area contributed by atoms with Crippen molar-refractivity contribution in [3.8, 4) is 0 Å². The molecule has 0 aromatic carbocycles. The van der Waals surface area contributed by atoms with Crippen LogP contribution in [-0.2, 0) is 28.5 Å². The number of unbranched alkanes of at least 4 members (excludes halogenated alkanes) is 13. The van der Waals surface area contributed by atoms with Gasteiger partial charge in [0.25, 0.3) is 0 Å². The molecule has 2 aliphatic heterocycles. The van der Waals surface area contributed by atoms with E-state index in [1.54, 1.807) is 6.92 Å². The maximum atomic E-state index is 12.8. The van der Waals surface area contributed by atoms with Gasteiger partial charge in [0, 0.05) is 11.1 Å². The molecule has 0 bridgehead atoms. The van der Waals surface area contributed by atoms with Crippen molar-refractivity contribution in [1.29, 1.82) is 0 Å². The Bertz CT molecular complexity index is 1030. The van der Waals surface area contributed by atoms with Crippen molar-refractivity contribution in [1.82, 2.24) is 0 Å². The lowest BCUT2D eigenvalue weighted by molar-refractivity contribution is -0.121. The molecule has 282 valence electrons. The summed E-state index contributed by atoms with van der Waals surface area (Å²) >= 11 is 0. The molecule has 0 radical (unpaired) electrons. The highest BCUT2D eigenvalue weighted by Crippen LogP contribution is 2.31. The molecule has 0 amide bonds. The van der Waals surface area contributed by atoms with Crippen molar-refractivity contribution < 1.29 is 38.7 Å². The zero-order valence-electron chi connectivity index (χ0n) is 31.5. The number of rotatable bonds is 26. The summed E-state index contributed by atoms with van der Waals surface area (Å²) < 4.78 is 22.9. The molecule has 8 nitrogen and oxygen atoms in total. The van der Waals surface area contributed by atoms with Crippen LogP contribution in [0.4, 0.5) is 0 Å². The van der Waals surface area contributed by atoms with Crippen molar-refractivity contribution in [2.45, 2.75) is 211 Å². The molecular formula is C41H70O8. The molecule has 0 unspecified atom stereocenters. The van der Waals surface area contributed by atoms with Gasteiger partial charge in [-0.1, -0.05) is 96.8 Å². The molecule has 0 saturated carbocycles. The van der Waals surface area contributed by atoms with Crippen LogP contribution in [0.3, 0.4) is 0 Å². The summed E-state index contributed by atoms with van der Waals surface area (Å²) in [5.74, 6) is -0.478. The van der Waals surface area contributed by atoms with Crippen molar-refractivity contribution in [2.75, 3.05) is 14.2 Å². The smallest absolute Gasteiger partial charge is 0.228 e. The van der Waals surface area contributed by atoms with Crippen molar-refractivity contribution in [3.05, 3.63) is 22.7 Å². The van der Waals surface area contributed by atoms with Gasteiger partial charge in [0.1, 0.15) is 0 Å². The molecule has 3 rings (SSSR count). The topological polar surface area (TPSA) is 112 Å². The number of hydrogen-bond acceptors (Lipinski definition) is 8. The highest BCUT2D eigenvalue weighted by atomic mass is 16.5. The fourth-order valence-corrected chi connectivity index (χ4v) is 7.92. The van der Waals surface area contributed by atoms with E-state index in [1.807, 2.05) is 0 Å². The molecule has 0 aromatic heterocycles. The number of hydrogen-bond donors (Lipinski definition) is 2. The highest BCUT2D eigenvalue weighted by Gasteiger charge is 2.35. The number of aliphatic hydroxyl groups excluding tert-OH is 2. The van der Waals surface area contributed by atoms with E-state index in [1.165, 1.54) is 78.4 Å². The van der Waals surface area contributed by atoms with Gasteiger partial charge in [0.2, 0.25) is 23.1 Å². The number of allylic oxidation sites excluding steroid dienone is 2. The van der Waals surface area contributed by atoms with Crippen LogP contribution < -0.4 is 0 Å². The standard InChI is InChI=1S/C41H70O8/c1-5-6-7-8-9-11-14-17-21-31-23-20-25-36(48-31)34(42)27-28-35(43)37-29-26-32(49-37)22-18-15-12-10-13-16-19-24-33-30(2)38(44)40(46-3)41(47-4)39(33)45/h31-32,34-37,42-43H,5-29H2,1-4H3/t31-,32+,34-,35-,36-,37-/m0/s1. The first kappa shape index (κ1) is 41.7. The van der Waals surface area contributed by atoms with E-state index in [0.29, 0.717) is 30.4 Å². The van der Waals surface area contributed by atoms with Gasteiger partial charge in [-0.25, -0.2) is 0 Å². The van der Waals surface area contributed by atoms with Crippen molar-refractivity contribution in [2.24, 2.45) is 0 Å². The van der Waals surface area contributed by atoms with Gasteiger partial charge in [-0.3, -0.25) is 9.59 Å². The van der Waals surface area contributed by atoms with E-state index < -0.39 is 12.2 Å². The Balaban J connectivity index is 1.19. The molecule has 0 aromatic rings. The quantitative estimate of drug-likeness (QED) is 0.0684. The van der Waals surface area contributed by atoms with Gasteiger partial charge >= 0.3 is 0 Å². The summed E-state index contributed by atoms with van der Waals surface area (Å²) in [6, 6.07) is 0. The second-order valence-electron chi connectivity index (χ2n) is 14.9. The highest BCUT2D eigenvalue weighted by molar-refractivity contribution is 6.23. The Morgan fingerprint density at radius 2 is 1.10 bits per heavy atom. The number of Topliss-reactive ketones (excluding diaryl/α,β-unsaturated/α-hetero) is 2. The number of carbonyl (C=O) groups excluding carboxylic acids is 2. The minimum absolute atomic E-state index is 0.000760. The van der Waals surface area contributed by atoms with Crippen LogP contribution in [0.2, 0.25) is 0 Å². The normalized spacial score (nSPS) is 24.5. The van der Waals surface area contributed by atoms with Crippen LogP contribution in [-0.4, -0.2) is 72.6 Å². The van der Waals surface area contributed by atoms with Gasteiger partial charge < -0.3 is 29.2 Å². The first-order chi connectivity index (χ1) is 23.8. The minimum atomic E-state index is -0.530. The Morgan fingerprint density at radius 3 is 1.65 bits per heavy atom. The van der Waals surface area contributed by atoms with E-state index >= 15 is 0 Å². The van der Waals surface area contributed by atoms with E-state index in [9.17, 15) is 19.8 Å². The lowest BCUT2D eigenvalue weighted by atomic mass is 9.89. The molecule has 3 aliphatic rings. The zero-order chi connectivity index (χ0) is 35.4. The summed E-state index contributed by atoms with van der Waals surface area (Å²) in [6.45, 7) is 3.96. The van der Waals surface area contributed by atoms with E-state index in [-0.39, 0.29) is 47.5 Å². The summed E-state index contributed by atoms with van der Waals surface area (Å²) in [6.07, 6.45) is 26.3. The van der Waals surface area contributed by atoms with Gasteiger partial charge in [0.15, 0.2) is 0 Å². The number of ether oxygens (including phenoxy) is 4. The predicted molar refractivity (Wildman–Crippen MR) is 194 cm³/mol. The summed E-state index contributed by atoms with van der Waals surface area (Å²) in [7, 11) is 2.78. The van der Waals surface area contributed by atoms with Crippen LogP contribution in [0.25, 0.3) is 0 Å². The SMILES string of the molecule is CCCCCCCCCC[C@H]1CCC[C@@H]([C@@H](O)CC[C@H](O)[C@@H]2CC[C@@H](CCCCCCCCCC3=C(C)C(=O)C(OC)=C(OC)C3=O)O2)O1.